The molecule has 0 unspecified atom stereocenters. The first kappa shape index (κ1) is 33.2. The van der Waals surface area contributed by atoms with E-state index in [1.54, 1.807) is 0 Å². The second-order valence-corrected chi connectivity index (χ2v) is 16.4. The molecule has 0 bridgehead atoms. The molecule has 0 N–H and O–H groups in total. The van der Waals surface area contributed by atoms with E-state index in [1.807, 2.05) is 24.3 Å². The molecule has 8 aromatic carbocycles. The zero-order valence-electron chi connectivity index (χ0n) is 32.9. The molecule has 0 amide bonds. The highest BCUT2D eigenvalue weighted by Gasteiger charge is 2.36. The van der Waals surface area contributed by atoms with E-state index in [0.29, 0.717) is 17.6 Å². The highest BCUT2D eigenvalue weighted by Crippen LogP contribution is 2.51. The van der Waals surface area contributed by atoms with Gasteiger partial charge in [0.25, 0.3) is 0 Å². The lowest BCUT2D eigenvalue weighted by Crippen LogP contribution is -2.14. The molecule has 0 saturated heterocycles. The third-order valence-electron chi connectivity index (χ3n) is 12.8. The van der Waals surface area contributed by atoms with Crippen LogP contribution in [0.2, 0.25) is 0 Å². The van der Waals surface area contributed by atoms with Crippen molar-refractivity contribution in [1.82, 2.24) is 24.1 Å². The fourth-order valence-corrected chi connectivity index (χ4v) is 9.93. The van der Waals surface area contributed by atoms with Gasteiger partial charge in [-0.25, -0.2) is 4.98 Å². The van der Waals surface area contributed by atoms with Crippen molar-refractivity contribution in [2.45, 2.75) is 19.3 Å². The Morgan fingerprint density at radius 2 is 0.967 bits per heavy atom. The normalized spacial score (nSPS) is 13.3. The SMILES string of the molecule is CC1(C)c2ccccc2-c2cc3c4ccccc4n(-c4ccc(-c5nc(-c6ccc7c(c6)oc6ccccc67)nc(-n6c7ccccc7c7ccccc76)n5)cc4)c3cc21. The molecular weight excluding hydrogens is 735 g/mol. The fraction of sp³-hybridized carbons (Fsp3) is 0.0556. The van der Waals surface area contributed by atoms with E-state index in [9.17, 15) is 0 Å². The Morgan fingerprint density at radius 3 is 1.70 bits per heavy atom. The van der Waals surface area contributed by atoms with Crippen molar-refractivity contribution in [3.8, 4) is 45.5 Å². The Bertz CT molecular complexity index is 3700. The van der Waals surface area contributed by atoms with Gasteiger partial charge in [0.15, 0.2) is 11.6 Å². The minimum absolute atomic E-state index is 0.106. The molecule has 13 rings (SSSR count). The molecule has 1 aliphatic carbocycles. The van der Waals surface area contributed by atoms with Gasteiger partial charge in [0.1, 0.15) is 11.2 Å². The minimum atomic E-state index is -0.106. The summed E-state index contributed by atoms with van der Waals surface area (Å²) in [6.45, 7) is 4.69. The lowest BCUT2D eigenvalue weighted by atomic mass is 9.82. The molecule has 4 aromatic heterocycles. The van der Waals surface area contributed by atoms with Crippen LogP contribution in [0.4, 0.5) is 0 Å². The third-order valence-corrected chi connectivity index (χ3v) is 12.8. The van der Waals surface area contributed by atoms with E-state index in [0.717, 1.165) is 60.6 Å². The second kappa shape index (κ2) is 12.1. The summed E-state index contributed by atoms with van der Waals surface area (Å²) in [4.78, 5) is 15.6. The number of hydrogen-bond donors (Lipinski definition) is 0. The summed E-state index contributed by atoms with van der Waals surface area (Å²) in [7, 11) is 0. The molecule has 6 nitrogen and oxygen atoms in total. The van der Waals surface area contributed by atoms with Crippen molar-refractivity contribution in [3.05, 3.63) is 187 Å². The van der Waals surface area contributed by atoms with Gasteiger partial charge in [-0.15, -0.1) is 0 Å². The van der Waals surface area contributed by atoms with Crippen LogP contribution in [0.3, 0.4) is 0 Å². The van der Waals surface area contributed by atoms with Gasteiger partial charge in [-0.2, -0.15) is 9.97 Å². The Balaban J connectivity index is 0.998. The molecule has 6 heteroatoms. The summed E-state index contributed by atoms with van der Waals surface area (Å²) in [6.07, 6.45) is 0. The molecule has 4 heterocycles. The number of fused-ring (bicyclic) bond motifs is 12. The van der Waals surface area contributed by atoms with Gasteiger partial charge in [0, 0.05) is 54.5 Å². The molecule has 0 spiro atoms. The maximum atomic E-state index is 6.33. The first-order valence-corrected chi connectivity index (χ1v) is 20.4. The molecule has 0 radical (unpaired) electrons. The molecule has 60 heavy (non-hydrogen) atoms. The van der Waals surface area contributed by atoms with E-state index >= 15 is 0 Å². The summed E-state index contributed by atoms with van der Waals surface area (Å²) in [5, 5.41) is 6.93. The van der Waals surface area contributed by atoms with E-state index in [-0.39, 0.29) is 5.41 Å². The lowest BCUT2D eigenvalue weighted by molar-refractivity contribution is 0.661. The molecule has 1 aliphatic rings. The smallest absolute Gasteiger partial charge is 0.238 e. The summed E-state index contributed by atoms with van der Waals surface area (Å²) >= 11 is 0. The maximum Gasteiger partial charge on any atom is 0.238 e. The van der Waals surface area contributed by atoms with Crippen LogP contribution < -0.4 is 0 Å². The van der Waals surface area contributed by atoms with Crippen LogP contribution in [0.25, 0.3) is 111 Å². The second-order valence-electron chi connectivity index (χ2n) is 16.4. The fourth-order valence-electron chi connectivity index (χ4n) is 9.93. The standard InChI is InChI=1S/C54H35N5O/c1-54(2)43-18-8-3-13-35(43)41-30-42-38-16-6-9-19-45(38)58(48(42)31-44(41)54)34-26-23-32(24-27-34)51-55-52(33-25-28-40-39-17-7-12-22-49(39)60-50(40)29-33)57-53(56-51)59-46-20-10-4-14-36(46)37-15-5-11-21-47(37)59/h3-31H,1-2H3. The Hall–Kier alpha value is -7.83. The van der Waals surface area contributed by atoms with E-state index < -0.39 is 0 Å². The molecule has 0 saturated carbocycles. The Morgan fingerprint density at radius 1 is 0.400 bits per heavy atom. The Kier molecular flexibility index (Phi) is 6.69. The molecule has 0 atom stereocenters. The van der Waals surface area contributed by atoms with Crippen LogP contribution in [-0.2, 0) is 5.41 Å². The van der Waals surface area contributed by atoms with Crippen LogP contribution in [0.1, 0.15) is 25.0 Å². The number of nitrogens with zero attached hydrogens (tertiary/aromatic N) is 5. The van der Waals surface area contributed by atoms with Gasteiger partial charge in [-0.1, -0.05) is 117 Å². The van der Waals surface area contributed by atoms with Gasteiger partial charge >= 0.3 is 0 Å². The van der Waals surface area contributed by atoms with E-state index in [1.165, 1.54) is 44.1 Å². The third kappa shape index (κ3) is 4.61. The van der Waals surface area contributed by atoms with Crippen LogP contribution in [-0.4, -0.2) is 24.1 Å². The maximum absolute atomic E-state index is 6.33. The quantitative estimate of drug-likeness (QED) is 0.179. The zero-order chi connectivity index (χ0) is 39.7. The van der Waals surface area contributed by atoms with Crippen LogP contribution in [0.5, 0.6) is 0 Å². The average Bonchev–Trinajstić information content (AvgIpc) is 4.00. The lowest BCUT2D eigenvalue weighted by Gasteiger charge is -2.21. The first-order valence-electron chi connectivity index (χ1n) is 20.4. The minimum Gasteiger partial charge on any atom is -0.456 e. The largest absolute Gasteiger partial charge is 0.456 e. The van der Waals surface area contributed by atoms with Gasteiger partial charge in [-0.05, 0) is 95.1 Å². The summed E-state index contributed by atoms with van der Waals surface area (Å²) in [6, 6.07) is 62.4. The van der Waals surface area contributed by atoms with Crippen molar-refractivity contribution in [2.75, 3.05) is 0 Å². The highest BCUT2D eigenvalue weighted by molar-refractivity contribution is 6.12. The van der Waals surface area contributed by atoms with Crippen LogP contribution >= 0.6 is 0 Å². The number of para-hydroxylation sites is 4. The highest BCUT2D eigenvalue weighted by atomic mass is 16.3. The van der Waals surface area contributed by atoms with E-state index in [2.05, 4.69) is 175 Å². The molecule has 282 valence electrons. The van der Waals surface area contributed by atoms with Crippen molar-refractivity contribution in [2.24, 2.45) is 0 Å². The topological polar surface area (TPSA) is 61.7 Å². The van der Waals surface area contributed by atoms with Crippen molar-refractivity contribution < 1.29 is 4.42 Å². The van der Waals surface area contributed by atoms with Gasteiger partial charge in [0.05, 0.1) is 22.1 Å². The van der Waals surface area contributed by atoms with Crippen LogP contribution in [0, 0.1) is 0 Å². The van der Waals surface area contributed by atoms with Gasteiger partial charge < -0.3 is 8.98 Å². The van der Waals surface area contributed by atoms with Gasteiger partial charge in [-0.3, -0.25) is 4.57 Å². The Labute approximate surface area is 344 Å². The van der Waals surface area contributed by atoms with Crippen molar-refractivity contribution in [3.63, 3.8) is 0 Å². The number of aromatic nitrogens is 5. The summed E-state index contributed by atoms with van der Waals surface area (Å²) < 4.78 is 10.9. The molecule has 0 fully saturated rings. The average molecular weight is 770 g/mol. The van der Waals surface area contributed by atoms with Crippen molar-refractivity contribution >= 4 is 65.6 Å². The first-order chi connectivity index (χ1) is 29.5. The zero-order valence-corrected chi connectivity index (χ0v) is 32.9. The molecule has 12 aromatic rings. The summed E-state index contributed by atoms with van der Waals surface area (Å²) in [5.74, 6) is 1.72. The van der Waals surface area contributed by atoms with E-state index in [4.69, 9.17) is 19.4 Å². The van der Waals surface area contributed by atoms with Crippen molar-refractivity contribution in [1.29, 1.82) is 0 Å². The molecular formula is C54H35N5O. The number of hydrogen-bond acceptors (Lipinski definition) is 4. The number of rotatable bonds is 4. The van der Waals surface area contributed by atoms with Crippen LogP contribution in [0.15, 0.2) is 180 Å². The molecule has 0 aliphatic heterocycles. The number of benzene rings is 8. The predicted molar refractivity (Wildman–Crippen MR) is 244 cm³/mol. The van der Waals surface area contributed by atoms with Gasteiger partial charge in [0.2, 0.25) is 5.95 Å². The number of furan rings is 1. The monoisotopic (exact) mass is 769 g/mol. The summed E-state index contributed by atoms with van der Waals surface area (Å²) in [5.41, 5.74) is 14.2. The predicted octanol–water partition coefficient (Wildman–Crippen LogP) is 13.6.